The third-order valence-corrected chi connectivity index (χ3v) is 9.49. The lowest BCUT2D eigenvalue weighted by atomic mass is 9.53. The van der Waals surface area contributed by atoms with Crippen LogP contribution in [0.1, 0.15) is 50.1 Å². The molecule has 1 N–H and O–H groups in total. The minimum Gasteiger partial charge on any atom is -0.392 e. The number of aliphatic hydroxyl groups is 1. The molecule has 7 heteroatoms. The van der Waals surface area contributed by atoms with Gasteiger partial charge in [-0.05, 0) is 60.8 Å². The molecule has 178 valence electrons. The number of hydrogen-bond donors (Lipinski definition) is 1. The van der Waals surface area contributed by atoms with E-state index in [1.54, 1.807) is 23.5 Å². The first kappa shape index (κ1) is 22.9. The quantitative estimate of drug-likeness (QED) is 0.715. The Morgan fingerprint density at radius 3 is 2.70 bits per heavy atom. The Bertz CT molecular complexity index is 1020. The maximum Gasteiger partial charge on any atom is 0.225 e. The van der Waals surface area contributed by atoms with Gasteiger partial charge in [0.2, 0.25) is 5.91 Å². The summed E-state index contributed by atoms with van der Waals surface area (Å²) in [5, 5.41) is 12.5. The molecule has 5 rings (SSSR count). The molecular weight excluding hydrogens is 439 g/mol. The zero-order chi connectivity index (χ0) is 23.3. The topological polar surface area (TPSA) is 62.7 Å². The molecule has 1 aromatic heterocycles. The number of thiazole rings is 1. The lowest BCUT2D eigenvalue weighted by Gasteiger charge is -2.53. The number of morpholine rings is 1. The van der Waals surface area contributed by atoms with Gasteiger partial charge in [-0.25, -0.2) is 9.37 Å². The van der Waals surface area contributed by atoms with Crippen molar-refractivity contribution >= 4 is 17.2 Å². The van der Waals surface area contributed by atoms with Crippen molar-refractivity contribution in [1.29, 1.82) is 0 Å². The lowest BCUT2D eigenvalue weighted by Crippen LogP contribution is -2.54. The van der Waals surface area contributed by atoms with Crippen molar-refractivity contribution in [2.24, 2.45) is 23.2 Å². The molecule has 1 aromatic carbocycles. The molecule has 0 radical (unpaired) electrons. The van der Waals surface area contributed by atoms with E-state index in [1.807, 2.05) is 11.8 Å². The molecule has 2 aliphatic carbocycles. The predicted molar refractivity (Wildman–Crippen MR) is 127 cm³/mol. The van der Waals surface area contributed by atoms with Crippen LogP contribution in [0.3, 0.4) is 0 Å². The summed E-state index contributed by atoms with van der Waals surface area (Å²) in [6.45, 7) is 8.91. The fourth-order valence-electron chi connectivity index (χ4n) is 6.52. The number of ether oxygens (including phenoxy) is 1. The molecule has 2 aromatic rings. The standard InChI is InChI=1S/C26H33FN2O3S/c1-15(25(31)29-10-12-32-13-11-29)19-8-9-26(3)14-20-22(16(2)21(26)23(19)30)28-24(33-20)17-4-6-18(27)7-5-17/h4-7,15-16,19,21,23,30H,8-14H2,1-3H3/t15-,16-,19?,21+,23-,26-/m0/s1. The first-order valence-electron chi connectivity index (χ1n) is 12.1. The molecule has 6 atom stereocenters. The molecule has 33 heavy (non-hydrogen) atoms. The molecule has 0 spiro atoms. The van der Waals surface area contributed by atoms with Crippen LogP contribution in [0.4, 0.5) is 4.39 Å². The summed E-state index contributed by atoms with van der Waals surface area (Å²) in [6.07, 6.45) is 2.21. The van der Waals surface area contributed by atoms with Crippen LogP contribution in [0.25, 0.3) is 10.6 Å². The Morgan fingerprint density at radius 1 is 1.30 bits per heavy atom. The number of aromatic nitrogens is 1. The van der Waals surface area contributed by atoms with Crippen LogP contribution < -0.4 is 0 Å². The van der Waals surface area contributed by atoms with Crippen LogP contribution in [0, 0.1) is 29.0 Å². The van der Waals surface area contributed by atoms with Crippen LogP contribution in [-0.4, -0.2) is 53.3 Å². The smallest absolute Gasteiger partial charge is 0.225 e. The van der Waals surface area contributed by atoms with Crippen molar-refractivity contribution in [2.75, 3.05) is 26.3 Å². The molecule has 1 saturated carbocycles. The molecule has 5 nitrogen and oxygen atoms in total. The minimum absolute atomic E-state index is 0.0172. The highest BCUT2D eigenvalue weighted by Gasteiger charge is 2.54. The van der Waals surface area contributed by atoms with Gasteiger partial charge < -0.3 is 14.7 Å². The van der Waals surface area contributed by atoms with Gasteiger partial charge in [-0.15, -0.1) is 11.3 Å². The highest BCUT2D eigenvalue weighted by atomic mass is 32.1. The molecule has 2 fully saturated rings. The van der Waals surface area contributed by atoms with Gasteiger partial charge in [0.05, 0.1) is 25.0 Å². The maximum absolute atomic E-state index is 13.4. The zero-order valence-electron chi connectivity index (χ0n) is 19.6. The summed E-state index contributed by atoms with van der Waals surface area (Å²) in [7, 11) is 0. The van der Waals surface area contributed by atoms with Crippen molar-refractivity contribution in [3.8, 4) is 10.6 Å². The van der Waals surface area contributed by atoms with E-state index < -0.39 is 6.10 Å². The van der Waals surface area contributed by atoms with E-state index in [0.717, 1.165) is 35.5 Å². The number of benzene rings is 1. The molecule has 0 bridgehead atoms. The number of carbonyl (C=O) groups excluding carboxylic acids is 1. The lowest BCUT2D eigenvalue weighted by molar-refractivity contribution is -0.148. The second-order valence-corrected chi connectivity index (χ2v) is 11.5. The minimum atomic E-state index is -0.539. The average Bonchev–Trinajstić information content (AvgIpc) is 3.23. The molecule has 1 aliphatic heterocycles. The number of aliphatic hydroxyl groups excluding tert-OH is 1. The van der Waals surface area contributed by atoms with Crippen molar-refractivity contribution < 1.29 is 19.0 Å². The number of amides is 1. The molecule has 1 saturated heterocycles. The Kier molecular flexibility index (Phi) is 6.08. The van der Waals surface area contributed by atoms with Crippen molar-refractivity contribution in [1.82, 2.24) is 9.88 Å². The van der Waals surface area contributed by atoms with Crippen LogP contribution in [0.15, 0.2) is 24.3 Å². The fraction of sp³-hybridized carbons (Fsp3) is 0.615. The van der Waals surface area contributed by atoms with E-state index in [4.69, 9.17) is 9.72 Å². The van der Waals surface area contributed by atoms with Gasteiger partial charge >= 0.3 is 0 Å². The Balaban J connectivity index is 1.40. The van der Waals surface area contributed by atoms with Crippen molar-refractivity contribution in [2.45, 2.75) is 52.1 Å². The summed E-state index contributed by atoms with van der Waals surface area (Å²) in [4.78, 5) is 21.3. The number of rotatable bonds is 3. The van der Waals surface area contributed by atoms with Gasteiger partial charge in [0.15, 0.2) is 0 Å². The van der Waals surface area contributed by atoms with Gasteiger partial charge in [-0.2, -0.15) is 0 Å². The Morgan fingerprint density at radius 2 is 2.00 bits per heavy atom. The van der Waals surface area contributed by atoms with E-state index in [9.17, 15) is 14.3 Å². The third kappa shape index (κ3) is 4.02. The molecule has 2 heterocycles. The SMILES string of the molecule is C[C@H](C(=O)N1CCOCC1)C1CC[C@@]2(C)Cc3sc(-c4ccc(F)cc4)nc3[C@@H](C)[C@@H]2[C@H]1O. The Hall–Kier alpha value is -1.83. The largest absolute Gasteiger partial charge is 0.392 e. The number of halogens is 1. The predicted octanol–water partition coefficient (Wildman–Crippen LogP) is 4.50. The third-order valence-electron chi connectivity index (χ3n) is 8.37. The summed E-state index contributed by atoms with van der Waals surface area (Å²) in [5.41, 5.74) is 1.98. The normalized spacial score (nSPS) is 32.7. The van der Waals surface area contributed by atoms with Gasteiger partial charge in [-0.1, -0.05) is 20.8 Å². The zero-order valence-corrected chi connectivity index (χ0v) is 20.4. The number of hydrogen-bond acceptors (Lipinski definition) is 5. The highest BCUT2D eigenvalue weighted by molar-refractivity contribution is 7.15. The van der Waals surface area contributed by atoms with Crippen LogP contribution in [0.2, 0.25) is 0 Å². The summed E-state index contributed by atoms with van der Waals surface area (Å²) in [6, 6.07) is 6.51. The second-order valence-electron chi connectivity index (χ2n) is 10.4. The van der Waals surface area contributed by atoms with Gasteiger partial charge in [-0.3, -0.25) is 4.79 Å². The fourth-order valence-corrected chi connectivity index (χ4v) is 7.89. The maximum atomic E-state index is 13.4. The summed E-state index contributed by atoms with van der Waals surface area (Å²) >= 11 is 1.70. The van der Waals surface area contributed by atoms with Gasteiger partial charge in [0.25, 0.3) is 0 Å². The van der Waals surface area contributed by atoms with Crippen molar-refractivity contribution in [3.63, 3.8) is 0 Å². The van der Waals surface area contributed by atoms with Gasteiger partial charge in [0, 0.05) is 35.4 Å². The van der Waals surface area contributed by atoms with E-state index >= 15 is 0 Å². The second kappa shape index (κ2) is 8.75. The van der Waals surface area contributed by atoms with Crippen LogP contribution >= 0.6 is 11.3 Å². The highest BCUT2D eigenvalue weighted by Crippen LogP contribution is 2.57. The number of fused-ring (bicyclic) bond motifs is 2. The van der Waals surface area contributed by atoms with E-state index in [2.05, 4.69) is 13.8 Å². The van der Waals surface area contributed by atoms with Crippen LogP contribution in [0.5, 0.6) is 0 Å². The number of carbonyl (C=O) groups is 1. The Labute approximate surface area is 199 Å². The van der Waals surface area contributed by atoms with E-state index in [-0.39, 0.29) is 40.8 Å². The van der Waals surface area contributed by atoms with Crippen molar-refractivity contribution in [3.05, 3.63) is 40.7 Å². The van der Waals surface area contributed by atoms with E-state index in [0.29, 0.717) is 26.3 Å². The monoisotopic (exact) mass is 472 g/mol. The van der Waals surface area contributed by atoms with Crippen LogP contribution in [-0.2, 0) is 16.0 Å². The molecular formula is C26H33FN2O3S. The van der Waals surface area contributed by atoms with Gasteiger partial charge in [0.1, 0.15) is 10.8 Å². The molecule has 1 unspecified atom stereocenters. The summed E-state index contributed by atoms with van der Waals surface area (Å²) in [5.74, 6) is -0.192. The first-order chi connectivity index (χ1) is 15.8. The summed E-state index contributed by atoms with van der Waals surface area (Å²) < 4.78 is 18.8. The number of nitrogens with zero attached hydrogens (tertiary/aromatic N) is 2. The molecule has 3 aliphatic rings. The van der Waals surface area contributed by atoms with E-state index in [1.165, 1.54) is 17.0 Å². The molecule has 1 amide bonds. The average molecular weight is 473 g/mol. The first-order valence-corrected chi connectivity index (χ1v) is 12.9.